The standard InChI is InChI=1S/C31H31FN10O2/c1-18-6-10-27(38-37-18)35-21-7-9-25-24(14-21)34-17-41(25)28-11-8-23(29(36-28)42-19(2)12-22(15-33)39-42)26-13-20(32)16-40(26)30(43)44-31(3,4)5/h6-12,14,17,20,26H,13,16H2,1-5H3,(H,35,38)/t20-,26+/m0/s1. The number of aryl methyl sites for hydroxylation is 2. The van der Waals surface area contributed by atoms with Crippen molar-refractivity contribution in [2.75, 3.05) is 11.9 Å². The molecule has 44 heavy (non-hydrogen) atoms. The number of nitrogens with zero attached hydrogens (tertiary/aromatic N) is 9. The number of carbonyl (C=O) groups is 1. The number of carbonyl (C=O) groups excluding carboxylic acids is 1. The van der Waals surface area contributed by atoms with Crippen molar-refractivity contribution in [3.63, 3.8) is 0 Å². The van der Waals surface area contributed by atoms with Crippen LogP contribution in [-0.4, -0.2) is 63.8 Å². The number of anilines is 2. The highest BCUT2D eigenvalue weighted by Gasteiger charge is 2.40. The van der Waals surface area contributed by atoms with Crippen LogP contribution in [0.25, 0.3) is 22.7 Å². The summed E-state index contributed by atoms with van der Waals surface area (Å²) in [6.45, 7) is 8.90. The van der Waals surface area contributed by atoms with Crippen LogP contribution in [0.1, 0.15) is 55.9 Å². The van der Waals surface area contributed by atoms with E-state index in [4.69, 9.17) is 9.72 Å². The van der Waals surface area contributed by atoms with Crippen LogP contribution in [0.2, 0.25) is 0 Å². The number of aromatic nitrogens is 7. The number of fused-ring (bicyclic) bond motifs is 1. The predicted octanol–water partition coefficient (Wildman–Crippen LogP) is 5.65. The first-order valence-electron chi connectivity index (χ1n) is 14.2. The van der Waals surface area contributed by atoms with Crippen molar-refractivity contribution < 1.29 is 13.9 Å². The van der Waals surface area contributed by atoms with Crippen LogP contribution >= 0.6 is 0 Å². The minimum atomic E-state index is -1.24. The second-order valence-corrected chi connectivity index (χ2v) is 11.8. The number of nitriles is 1. The van der Waals surface area contributed by atoms with E-state index in [0.717, 1.165) is 22.4 Å². The lowest BCUT2D eigenvalue weighted by molar-refractivity contribution is 0.0216. The molecule has 0 saturated carbocycles. The van der Waals surface area contributed by atoms with Gasteiger partial charge in [0.25, 0.3) is 0 Å². The van der Waals surface area contributed by atoms with Gasteiger partial charge >= 0.3 is 6.09 Å². The Hall–Kier alpha value is -5.38. The highest BCUT2D eigenvalue weighted by atomic mass is 19.1. The highest BCUT2D eigenvalue weighted by molar-refractivity contribution is 5.82. The molecule has 5 aromatic rings. The topological polar surface area (TPSA) is 140 Å². The zero-order chi connectivity index (χ0) is 31.2. The number of likely N-dealkylation sites (tertiary alicyclic amines) is 1. The second-order valence-electron chi connectivity index (χ2n) is 11.8. The largest absolute Gasteiger partial charge is 0.444 e. The molecule has 0 radical (unpaired) electrons. The first-order chi connectivity index (χ1) is 21.0. The van der Waals surface area contributed by atoms with Gasteiger partial charge in [-0.1, -0.05) is 0 Å². The molecule has 1 aliphatic heterocycles. The molecule has 5 heterocycles. The number of benzene rings is 1. The van der Waals surface area contributed by atoms with E-state index in [1.165, 1.54) is 4.90 Å². The molecule has 0 unspecified atom stereocenters. The smallest absolute Gasteiger partial charge is 0.410 e. The van der Waals surface area contributed by atoms with Crippen molar-refractivity contribution in [3.05, 3.63) is 77.5 Å². The average molecular weight is 595 g/mol. The third-order valence-corrected chi connectivity index (χ3v) is 7.19. The lowest BCUT2D eigenvalue weighted by atomic mass is 10.0. The summed E-state index contributed by atoms with van der Waals surface area (Å²) in [6, 6.07) is 16.2. The van der Waals surface area contributed by atoms with E-state index in [1.54, 1.807) is 43.9 Å². The van der Waals surface area contributed by atoms with Crippen LogP contribution in [0.15, 0.2) is 54.9 Å². The first-order valence-corrected chi connectivity index (χ1v) is 14.2. The molecule has 2 atom stereocenters. The van der Waals surface area contributed by atoms with Gasteiger partial charge in [0.05, 0.1) is 29.3 Å². The van der Waals surface area contributed by atoms with Crippen molar-refractivity contribution in [2.24, 2.45) is 0 Å². The van der Waals surface area contributed by atoms with Crippen LogP contribution in [0.4, 0.5) is 20.7 Å². The molecule has 1 amide bonds. The minimum absolute atomic E-state index is 0.0772. The number of amides is 1. The fourth-order valence-corrected chi connectivity index (χ4v) is 5.24. The zero-order valence-electron chi connectivity index (χ0n) is 25.0. The number of nitrogens with one attached hydrogen (secondary N) is 1. The number of rotatable bonds is 5. The Labute approximate surface area is 253 Å². The Morgan fingerprint density at radius 3 is 2.64 bits per heavy atom. The number of ether oxygens (including phenoxy) is 1. The number of hydrogen-bond donors (Lipinski definition) is 1. The van der Waals surface area contributed by atoms with Gasteiger partial charge < -0.3 is 10.1 Å². The van der Waals surface area contributed by atoms with Crippen molar-refractivity contribution >= 4 is 28.6 Å². The highest BCUT2D eigenvalue weighted by Crippen LogP contribution is 2.38. The van der Waals surface area contributed by atoms with Gasteiger partial charge in [0.15, 0.2) is 17.3 Å². The van der Waals surface area contributed by atoms with Gasteiger partial charge in [0.1, 0.15) is 30.0 Å². The molecule has 0 aliphatic carbocycles. The Morgan fingerprint density at radius 2 is 1.93 bits per heavy atom. The molecule has 0 bridgehead atoms. The summed E-state index contributed by atoms with van der Waals surface area (Å²) < 4.78 is 23.9. The maximum atomic E-state index is 14.9. The summed E-state index contributed by atoms with van der Waals surface area (Å²) in [7, 11) is 0. The molecule has 1 aromatic carbocycles. The van der Waals surface area contributed by atoms with E-state index < -0.39 is 23.9 Å². The van der Waals surface area contributed by atoms with E-state index in [0.29, 0.717) is 28.7 Å². The normalized spacial score (nSPS) is 16.7. The summed E-state index contributed by atoms with van der Waals surface area (Å²) in [4.78, 5) is 24.1. The van der Waals surface area contributed by atoms with Crippen molar-refractivity contribution in [2.45, 2.75) is 58.9 Å². The SMILES string of the molecule is Cc1ccc(Nc2ccc3c(c2)ncn3-c2ccc([C@H]3C[C@H](F)CN3C(=O)OC(C)(C)C)c(-n3nc(C#N)cc3C)n2)nn1. The summed E-state index contributed by atoms with van der Waals surface area (Å²) in [5.74, 6) is 1.53. The number of pyridine rings is 1. The Balaban J connectivity index is 1.41. The zero-order valence-corrected chi connectivity index (χ0v) is 25.0. The van der Waals surface area contributed by atoms with Gasteiger partial charge in [-0.15, -0.1) is 5.10 Å². The van der Waals surface area contributed by atoms with Crippen LogP contribution < -0.4 is 5.32 Å². The molecule has 6 rings (SSSR count). The van der Waals surface area contributed by atoms with Crippen LogP contribution in [0, 0.1) is 25.2 Å². The molecule has 0 spiro atoms. The summed E-state index contributed by atoms with van der Waals surface area (Å²) in [5, 5.41) is 25.4. The maximum absolute atomic E-state index is 14.9. The molecule has 1 fully saturated rings. The number of hydrogen-bond acceptors (Lipinski definition) is 9. The maximum Gasteiger partial charge on any atom is 0.410 e. The van der Waals surface area contributed by atoms with E-state index in [-0.39, 0.29) is 18.7 Å². The van der Waals surface area contributed by atoms with E-state index in [2.05, 4.69) is 31.7 Å². The van der Waals surface area contributed by atoms with Crippen molar-refractivity contribution in [1.82, 2.24) is 39.4 Å². The number of halogens is 1. The van der Waals surface area contributed by atoms with Crippen molar-refractivity contribution in [3.8, 4) is 17.7 Å². The van der Waals surface area contributed by atoms with Crippen molar-refractivity contribution in [1.29, 1.82) is 5.26 Å². The average Bonchev–Trinajstić information content (AvgIpc) is 3.69. The molecular formula is C31H31FN10O2. The Kier molecular flexibility index (Phi) is 7.20. The van der Waals surface area contributed by atoms with Crippen LogP contribution in [0.3, 0.4) is 0 Å². The molecular weight excluding hydrogens is 563 g/mol. The molecule has 1 N–H and O–H groups in total. The molecule has 4 aromatic heterocycles. The Bertz CT molecular complexity index is 1900. The second kappa shape index (κ2) is 11.0. The van der Waals surface area contributed by atoms with Gasteiger partial charge in [-0.2, -0.15) is 15.5 Å². The molecule has 224 valence electrons. The fourth-order valence-electron chi connectivity index (χ4n) is 5.24. The van der Waals surface area contributed by atoms with E-state index >= 15 is 0 Å². The van der Waals surface area contributed by atoms with Gasteiger partial charge in [0.2, 0.25) is 0 Å². The predicted molar refractivity (Wildman–Crippen MR) is 161 cm³/mol. The van der Waals surface area contributed by atoms with E-state index in [9.17, 15) is 14.4 Å². The third-order valence-electron chi connectivity index (χ3n) is 7.19. The Morgan fingerprint density at radius 1 is 1.11 bits per heavy atom. The summed E-state index contributed by atoms with van der Waals surface area (Å²) in [6.07, 6.45) is -0.0924. The van der Waals surface area contributed by atoms with E-state index in [1.807, 2.05) is 54.8 Å². The number of alkyl halides is 1. The van der Waals surface area contributed by atoms with Crippen LogP contribution in [0.5, 0.6) is 0 Å². The quantitative estimate of drug-likeness (QED) is 0.273. The van der Waals surface area contributed by atoms with Gasteiger partial charge in [-0.05, 0) is 83.1 Å². The third kappa shape index (κ3) is 5.66. The fraction of sp³-hybridized carbons (Fsp3) is 0.323. The number of imidazole rings is 1. The molecule has 1 saturated heterocycles. The molecule has 12 nitrogen and oxygen atoms in total. The summed E-state index contributed by atoms with van der Waals surface area (Å²) >= 11 is 0. The van der Waals surface area contributed by atoms with Gasteiger partial charge in [-0.3, -0.25) is 9.47 Å². The summed E-state index contributed by atoms with van der Waals surface area (Å²) in [5.41, 5.74) is 3.86. The monoisotopic (exact) mass is 594 g/mol. The van der Waals surface area contributed by atoms with Crippen LogP contribution in [-0.2, 0) is 4.74 Å². The lowest BCUT2D eigenvalue weighted by Gasteiger charge is -2.29. The van der Waals surface area contributed by atoms with Gasteiger partial charge in [-0.25, -0.2) is 23.8 Å². The lowest BCUT2D eigenvalue weighted by Crippen LogP contribution is -2.37. The van der Waals surface area contributed by atoms with Gasteiger partial charge in [0, 0.05) is 23.4 Å². The first kappa shape index (κ1) is 28.7. The molecule has 1 aliphatic rings. The minimum Gasteiger partial charge on any atom is -0.444 e. The molecule has 13 heteroatoms.